The quantitative estimate of drug-likeness (QED) is 0.00766. The standard InChI is InChI=1S/C18H23NO4S.3C18H26O7.C17H20O5.C12H18N2O.C11H11F2N/c1-11-9-14(7-8-15(11)18(4,5)6)16(20)10-24(21,22)17-12(2)19-23-13(17)3;1-9-7-10(5-6-11(9)18(2,3)4)16(22)25-15-13(20)12(8-19)24-17(23)14(15)21;2*1-9-7-10(5-6-11(9)18(2,3)4)16(22)24-8-12-13(19)14(20)15(21)17(23)25-12;1-10-8-12(6-7-13(10)17(3,4)5)15(18)20-9-14-11(2)21-16(19)22-14;1-8-7-9(11(13)14-15)5-6-10(8)12(2,3)4;1-11(2,3)10-8(12)4-7(6-14)5-9(10)13/h7-9H,10H2,1-6H3;3*5-7,12-15,17,19-21,23H,8H2,1-4H3;6-8H,9H2,1-5H3;5-7,15H,1-4H3,(H2,13,14);4-5H,1-3H3/t;12-,13-,14-,15+,17?;12-,13+,14+,15-,17?;12-,13-,14+,15-,17?;;;/m.111.../s1. The van der Waals surface area contributed by atoms with Gasteiger partial charge in [-0.05, 0) is 240 Å². The minimum Gasteiger partial charge on any atom is -0.459 e. The van der Waals surface area contributed by atoms with E-state index in [2.05, 4.69) is 135 Å². The van der Waals surface area contributed by atoms with E-state index in [0.29, 0.717) is 28.0 Å². The van der Waals surface area contributed by atoms with Crippen LogP contribution >= 0.6 is 0 Å². The third kappa shape index (κ3) is 34.4. The molecule has 0 amide bonds. The van der Waals surface area contributed by atoms with E-state index in [1.807, 2.05) is 90.1 Å². The normalized spacial score (nSPS) is 21.1. The molecule has 3 aliphatic heterocycles. The fourth-order valence-electron chi connectivity index (χ4n) is 17.3. The van der Waals surface area contributed by atoms with Crippen LogP contribution in [0.3, 0.4) is 0 Å². The van der Waals surface area contributed by atoms with Gasteiger partial charge in [0.1, 0.15) is 103 Å². The lowest BCUT2D eigenvalue weighted by Crippen LogP contribution is -2.59. The van der Waals surface area contributed by atoms with Gasteiger partial charge in [-0.1, -0.05) is 204 Å². The van der Waals surface area contributed by atoms with E-state index in [-0.39, 0.29) is 96.9 Å². The number of amidine groups is 1. The zero-order valence-corrected chi connectivity index (χ0v) is 91.8. The molecule has 3 unspecified atom stereocenters. The smallest absolute Gasteiger partial charge is 0.459 e. The fourth-order valence-corrected chi connectivity index (χ4v) is 18.9. The van der Waals surface area contributed by atoms with E-state index < -0.39 is 167 Å². The predicted molar refractivity (Wildman–Crippen MR) is 553 cm³/mol. The number of sulfone groups is 1. The number of benzene rings is 7. The number of Topliss-reactive ketones (excluding diaryl/α,β-unsaturated/α-hetero) is 1. The lowest BCUT2D eigenvalue weighted by Gasteiger charge is -2.39. The molecule has 3 fully saturated rings. The molecule has 2 aromatic heterocycles. The topological polar surface area (TPSA) is 579 Å². The van der Waals surface area contributed by atoms with Crippen LogP contribution in [0.5, 0.6) is 0 Å². The van der Waals surface area contributed by atoms with Gasteiger partial charge in [0.2, 0.25) is 0 Å². The average Bonchev–Trinajstić information content (AvgIpc) is 1.57. The first kappa shape index (κ1) is 127. The van der Waals surface area contributed by atoms with E-state index in [1.54, 1.807) is 101 Å². The van der Waals surface area contributed by atoms with Crippen molar-refractivity contribution in [3.05, 3.63) is 278 Å². The van der Waals surface area contributed by atoms with E-state index >= 15 is 0 Å². The number of aromatic nitrogens is 1. The number of hydrogen-bond acceptors (Lipinski definition) is 34. The van der Waals surface area contributed by atoms with Crippen LogP contribution in [-0.4, -0.2) is 233 Å². The Bertz CT molecular complexity index is 6270. The van der Waals surface area contributed by atoms with Gasteiger partial charge in [0.25, 0.3) is 0 Å². The maximum absolute atomic E-state index is 13.4. The summed E-state index contributed by atoms with van der Waals surface area (Å²) < 4.78 is 102. The third-order valence-electron chi connectivity index (χ3n) is 24.8. The maximum atomic E-state index is 13.4. The van der Waals surface area contributed by atoms with Crippen molar-refractivity contribution in [1.29, 1.82) is 5.26 Å². The highest BCUT2D eigenvalue weighted by molar-refractivity contribution is 7.92. The number of carbonyl (C=O) groups is 5. The molecule has 38 heteroatoms. The number of nitrogens with two attached hydrogens (primary N) is 1. The van der Waals surface area contributed by atoms with Crippen molar-refractivity contribution in [2.45, 2.75) is 349 Å². The molecule has 12 rings (SSSR count). The summed E-state index contributed by atoms with van der Waals surface area (Å²) in [6.45, 7) is 57.9. The molecule has 0 saturated carbocycles. The molecular formula is C112H150F2N4O31S. The van der Waals surface area contributed by atoms with Gasteiger partial charge >= 0.3 is 29.7 Å². The van der Waals surface area contributed by atoms with Gasteiger partial charge < -0.3 is 119 Å². The minimum absolute atomic E-state index is 0.00741. The van der Waals surface area contributed by atoms with Crippen molar-refractivity contribution in [2.75, 3.05) is 25.6 Å². The van der Waals surface area contributed by atoms with Crippen molar-refractivity contribution in [1.82, 2.24) is 5.16 Å². The Morgan fingerprint density at radius 1 is 0.420 bits per heavy atom. The van der Waals surface area contributed by atoms with Crippen LogP contribution in [-0.2, 0) is 87.5 Å². The Labute approximate surface area is 874 Å². The molecule has 7 aromatic carbocycles. The van der Waals surface area contributed by atoms with Gasteiger partial charge in [-0.25, -0.2) is 41.2 Å². The summed E-state index contributed by atoms with van der Waals surface area (Å²) in [6.07, 6.45) is -22.2. The molecule has 9 aromatic rings. The van der Waals surface area contributed by atoms with Gasteiger partial charge in [-0.3, -0.25) is 4.79 Å². The minimum atomic E-state index is -3.78. The SMILES string of the molecule is CC(C)(C)c1c(F)cc(C#N)cc1F.Cc1cc(C(=O)CS(=O)(=O)c2c(C)noc2C)ccc1C(C)(C)C.Cc1cc(C(=O)OC[C@H]2OC(O)[C@H](O)[C@@H](O)[C@@H]2O)ccc1C(C)(C)C.Cc1cc(C(=O)OC[C@H]2OC(O)[C@H](O)[C@@H](O)[C@H]2O)ccc1C(C)(C)C.Cc1cc(C(=O)OCc2oc(=O)oc2C)ccc1C(C)(C)C.Cc1cc(C(=O)O[C@H]2[C@H](O)[C@@H](CO)OC(O)[C@@H]2O)ccc1C(C)(C)C.Cc1cc(C(N)=NO)ccc1C(C)(C)C. The Balaban J connectivity index is 0.000000269. The van der Waals surface area contributed by atoms with Gasteiger partial charge in [0.15, 0.2) is 70.3 Å². The molecule has 0 aliphatic carbocycles. The summed E-state index contributed by atoms with van der Waals surface area (Å²) in [5, 5.41) is 139. The van der Waals surface area contributed by atoms with Gasteiger partial charge in [-0.15, -0.1) is 0 Å². The van der Waals surface area contributed by atoms with Crippen LogP contribution < -0.4 is 11.6 Å². The second kappa shape index (κ2) is 52.1. The van der Waals surface area contributed by atoms with Crippen LogP contribution in [0.2, 0.25) is 0 Å². The fraction of sp³-hybridized carbons (Fsp3) is 0.509. The summed E-state index contributed by atoms with van der Waals surface area (Å²) in [5.74, 6) is -4.65. The maximum Gasteiger partial charge on any atom is 0.519 e. The molecule has 3 aliphatic rings. The molecule has 5 heterocycles. The van der Waals surface area contributed by atoms with Gasteiger partial charge in [-0.2, -0.15) is 5.26 Å². The third-order valence-corrected chi connectivity index (χ3v) is 26.6. The van der Waals surface area contributed by atoms with Crippen LogP contribution in [0, 0.1) is 85.3 Å². The average molecular weight is 2120 g/mol. The van der Waals surface area contributed by atoms with Crippen molar-refractivity contribution in [3.63, 3.8) is 0 Å². The molecule has 0 spiro atoms. The number of aliphatic hydroxyl groups excluding tert-OH is 12. The number of nitriles is 1. The summed E-state index contributed by atoms with van der Waals surface area (Å²) in [5.41, 5.74) is 20.7. The molecule has 0 radical (unpaired) electrons. The lowest BCUT2D eigenvalue weighted by atomic mass is 9.83. The number of ether oxygens (including phenoxy) is 7. The first-order chi connectivity index (χ1) is 68.9. The number of oxime groups is 1. The molecule has 3 saturated heterocycles. The predicted octanol–water partition coefficient (Wildman–Crippen LogP) is 13.3. The largest absolute Gasteiger partial charge is 0.519 e. The molecule has 150 heavy (non-hydrogen) atoms. The van der Waals surface area contributed by atoms with Crippen LogP contribution in [0.1, 0.15) is 304 Å². The van der Waals surface area contributed by atoms with Gasteiger partial charge in [0.05, 0.1) is 46.2 Å². The Morgan fingerprint density at radius 3 is 1.05 bits per heavy atom. The Hall–Kier alpha value is -11.7. The molecule has 15 atom stereocenters. The summed E-state index contributed by atoms with van der Waals surface area (Å²) in [7, 11) is -3.78. The van der Waals surface area contributed by atoms with E-state index in [1.165, 1.54) is 18.1 Å². The first-order valence-corrected chi connectivity index (χ1v) is 50.2. The summed E-state index contributed by atoms with van der Waals surface area (Å²) in [6, 6.07) is 36.2. The van der Waals surface area contributed by atoms with E-state index in [4.69, 9.17) is 67.8 Å². The molecule has 35 nitrogen and oxygen atoms in total. The Kier molecular flexibility index (Phi) is 44.1. The van der Waals surface area contributed by atoms with Crippen molar-refractivity contribution in [3.8, 4) is 6.07 Å². The number of esters is 4. The Morgan fingerprint density at radius 2 is 0.740 bits per heavy atom. The molecular weight excluding hydrogens is 1970 g/mol. The second-order valence-corrected chi connectivity index (χ2v) is 46.5. The van der Waals surface area contributed by atoms with Gasteiger partial charge in [0, 0.05) is 16.7 Å². The monoisotopic (exact) mass is 2120 g/mol. The summed E-state index contributed by atoms with van der Waals surface area (Å²) in [4.78, 5) is 72.3. The number of halogens is 2. The number of aryl methyl sites for hydroxylation is 9. The lowest BCUT2D eigenvalue weighted by molar-refractivity contribution is -0.286. The number of ketones is 1. The van der Waals surface area contributed by atoms with Crippen molar-refractivity contribution >= 4 is 45.3 Å². The number of nitrogens with zero attached hydrogens (tertiary/aromatic N) is 3. The van der Waals surface area contributed by atoms with Crippen molar-refractivity contribution in [2.24, 2.45) is 10.9 Å². The molecule has 15 N–H and O–H groups in total. The molecule has 824 valence electrons. The number of carbonyl (C=O) groups excluding carboxylic acids is 5. The van der Waals surface area contributed by atoms with E-state index in [9.17, 15) is 102 Å². The summed E-state index contributed by atoms with van der Waals surface area (Å²) >= 11 is 0. The highest BCUT2D eigenvalue weighted by Gasteiger charge is 2.48. The highest BCUT2D eigenvalue weighted by Crippen LogP contribution is 2.37. The van der Waals surface area contributed by atoms with Crippen LogP contribution in [0.15, 0.2) is 150 Å². The van der Waals surface area contributed by atoms with Crippen LogP contribution in [0.25, 0.3) is 0 Å². The first-order valence-electron chi connectivity index (χ1n) is 48.5. The van der Waals surface area contributed by atoms with E-state index in [0.717, 1.165) is 73.3 Å². The van der Waals surface area contributed by atoms with Crippen molar-refractivity contribution < 1.29 is 154 Å². The second-order valence-electron chi connectivity index (χ2n) is 44.6. The van der Waals surface area contributed by atoms with Crippen LogP contribution in [0.4, 0.5) is 8.78 Å². The highest BCUT2D eigenvalue weighted by atomic mass is 32.2. The number of rotatable bonds is 17. The number of aliphatic hydroxyl groups is 12. The molecule has 0 bridgehead atoms. The zero-order chi connectivity index (χ0) is 114. The number of hydrogen-bond donors (Lipinski definition) is 14. The zero-order valence-electron chi connectivity index (χ0n) is 91.0.